The van der Waals surface area contributed by atoms with E-state index in [4.69, 9.17) is 17.3 Å². The molecule has 3 rings (SSSR count). The number of nitrogens with zero attached hydrogens (tertiary/aromatic N) is 2. The summed E-state index contributed by atoms with van der Waals surface area (Å²) in [5.41, 5.74) is 8.15. The Morgan fingerprint density at radius 1 is 1.23 bits per heavy atom. The Labute approximate surface area is 136 Å². The van der Waals surface area contributed by atoms with Crippen LogP contribution >= 0.6 is 22.9 Å². The van der Waals surface area contributed by atoms with Crippen LogP contribution in [0.1, 0.15) is 16.5 Å². The summed E-state index contributed by atoms with van der Waals surface area (Å²) in [5, 5.41) is 0.873. The summed E-state index contributed by atoms with van der Waals surface area (Å²) >= 11 is 7.31. The van der Waals surface area contributed by atoms with Crippen molar-refractivity contribution in [2.45, 2.75) is 12.5 Å². The van der Waals surface area contributed by atoms with Gasteiger partial charge in [-0.1, -0.05) is 11.6 Å². The molecule has 1 aromatic carbocycles. The summed E-state index contributed by atoms with van der Waals surface area (Å²) < 4.78 is 13.2. The quantitative estimate of drug-likeness (QED) is 0.777. The minimum Gasteiger partial charge on any atom is -0.323 e. The van der Waals surface area contributed by atoms with Crippen molar-refractivity contribution in [1.82, 2.24) is 9.97 Å². The Bertz CT molecular complexity index is 776. The van der Waals surface area contributed by atoms with Gasteiger partial charge in [0.25, 0.3) is 0 Å². The Morgan fingerprint density at radius 3 is 2.73 bits per heavy atom. The monoisotopic (exact) mass is 333 g/mol. The molecule has 6 heteroatoms. The molecule has 0 saturated heterocycles. The van der Waals surface area contributed by atoms with Gasteiger partial charge in [0, 0.05) is 35.1 Å². The Kier molecular flexibility index (Phi) is 4.47. The Hall–Kier alpha value is -1.82. The molecule has 0 fully saturated rings. The smallest absolute Gasteiger partial charge is 0.141 e. The van der Waals surface area contributed by atoms with Crippen LogP contribution in [-0.2, 0) is 6.42 Å². The maximum atomic E-state index is 13.2. The van der Waals surface area contributed by atoms with Gasteiger partial charge in [0.2, 0.25) is 0 Å². The second-order valence-corrected chi connectivity index (χ2v) is 6.33. The highest BCUT2D eigenvalue weighted by atomic mass is 35.5. The van der Waals surface area contributed by atoms with Gasteiger partial charge in [-0.3, -0.25) is 4.98 Å². The van der Waals surface area contributed by atoms with Crippen LogP contribution < -0.4 is 5.73 Å². The summed E-state index contributed by atoms with van der Waals surface area (Å²) in [6.07, 6.45) is 5.98. The lowest BCUT2D eigenvalue weighted by Gasteiger charge is -2.08. The largest absolute Gasteiger partial charge is 0.323 e. The summed E-state index contributed by atoms with van der Waals surface area (Å²) in [5.74, 6) is -0.434. The van der Waals surface area contributed by atoms with Crippen LogP contribution in [0.15, 0.2) is 48.9 Å². The van der Waals surface area contributed by atoms with Crippen LogP contribution in [0.5, 0.6) is 0 Å². The molecule has 1 atom stereocenters. The van der Waals surface area contributed by atoms with E-state index >= 15 is 0 Å². The highest BCUT2D eigenvalue weighted by Gasteiger charge is 2.13. The van der Waals surface area contributed by atoms with E-state index in [0.717, 1.165) is 21.0 Å². The van der Waals surface area contributed by atoms with Crippen molar-refractivity contribution in [2.75, 3.05) is 0 Å². The van der Waals surface area contributed by atoms with E-state index in [1.807, 2.05) is 12.1 Å². The number of hydrogen-bond acceptors (Lipinski definition) is 4. The summed E-state index contributed by atoms with van der Waals surface area (Å²) in [7, 11) is 0. The van der Waals surface area contributed by atoms with Crippen molar-refractivity contribution in [3.8, 4) is 10.6 Å². The lowest BCUT2D eigenvalue weighted by Crippen LogP contribution is -2.11. The molecule has 2 heterocycles. The van der Waals surface area contributed by atoms with Crippen LogP contribution in [0.4, 0.5) is 4.39 Å². The molecule has 0 amide bonds. The van der Waals surface area contributed by atoms with Gasteiger partial charge >= 0.3 is 0 Å². The van der Waals surface area contributed by atoms with Gasteiger partial charge in [-0.25, -0.2) is 9.37 Å². The van der Waals surface area contributed by atoms with E-state index in [-0.39, 0.29) is 11.1 Å². The lowest BCUT2D eigenvalue weighted by molar-refractivity contribution is 0.628. The van der Waals surface area contributed by atoms with Crippen molar-refractivity contribution >= 4 is 22.9 Å². The average molecular weight is 334 g/mol. The van der Waals surface area contributed by atoms with E-state index in [2.05, 4.69) is 9.97 Å². The first-order valence-electron chi connectivity index (χ1n) is 6.69. The van der Waals surface area contributed by atoms with E-state index in [9.17, 15) is 4.39 Å². The summed E-state index contributed by atoms with van der Waals surface area (Å²) in [6.45, 7) is 0. The first-order valence-corrected chi connectivity index (χ1v) is 7.88. The van der Waals surface area contributed by atoms with Crippen molar-refractivity contribution < 1.29 is 4.39 Å². The standard InChI is InChI=1S/C16H13ClFN3S/c17-12-8-11(1-2-13(12)18)16-21-9-15(22-16)14(19)7-10-3-5-20-6-4-10/h1-6,8-9,14H,7,19H2. The molecule has 3 nitrogen and oxygen atoms in total. The zero-order chi connectivity index (χ0) is 15.5. The average Bonchev–Trinajstić information content (AvgIpc) is 3.01. The number of hydrogen-bond donors (Lipinski definition) is 1. The normalized spacial score (nSPS) is 12.3. The predicted octanol–water partition coefficient (Wildman–Crippen LogP) is 4.24. The van der Waals surface area contributed by atoms with Crippen LogP contribution in [-0.4, -0.2) is 9.97 Å². The molecule has 1 unspecified atom stereocenters. The Balaban J connectivity index is 1.79. The second kappa shape index (κ2) is 6.52. The molecule has 0 saturated carbocycles. The minimum atomic E-state index is -0.434. The van der Waals surface area contributed by atoms with Gasteiger partial charge in [-0.15, -0.1) is 11.3 Å². The van der Waals surface area contributed by atoms with Crippen molar-refractivity contribution in [3.05, 3.63) is 70.2 Å². The predicted molar refractivity (Wildman–Crippen MR) is 87.4 cm³/mol. The number of aromatic nitrogens is 2. The van der Waals surface area contributed by atoms with Crippen LogP contribution in [0.2, 0.25) is 5.02 Å². The van der Waals surface area contributed by atoms with Crippen LogP contribution in [0.3, 0.4) is 0 Å². The molecule has 112 valence electrons. The first-order chi connectivity index (χ1) is 10.6. The lowest BCUT2D eigenvalue weighted by atomic mass is 10.1. The third-order valence-corrected chi connectivity index (χ3v) is 4.73. The molecule has 0 aliphatic heterocycles. The summed E-state index contributed by atoms with van der Waals surface area (Å²) in [6, 6.07) is 8.34. The molecular formula is C16H13ClFN3S. The van der Waals surface area contributed by atoms with Crippen molar-refractivity contribution in [3.63, 3.8) is 0 Å². The zero-order valence-corrected chi connectivity index (χ0v) is 13.1. The molecule has 0 spiro atoms. The zero-order valence-electron chi connectivity index (χ0n) is 11.5. The first kappa shape index (κ1) is 15.1. The molecule has 0 bridgehead atoms. The topological polar surface area (TPSA) is 51.8 Å². The van der Waals surface area contributed by atoms with Gasteiger partial charge in [0.05, 0.1) is 5.02 Å². The molecule has 3 aromatic rings. The maximum absolute atomic E-state index is 13.2. The van der Waals surface area contributed by atoms with Gasteiger partial charge in [-0.2, -0.15) is 0 Å². The summed E-state index contributed by atoms with van der Waals surface area (Å²) in [4.78, 5) is 9.33. The number of nitrogens with two attached hydrogens (primary N) is 1. The fourth-order valence-corrected chi connectivity index (χ4v) is 3.19. The van der Waals surface area contributed by atoms with E-state index in [1.54, 1.807) is 30.7 Å². The fourth-order valence-electron chi connectivity index (χ4n) is 2.09. The number of halogens is 2. The van der Waals surface area contributed by atoms with E-state index in [0.29, 0.717) is 6.42 Å². The van der Waals surface area contributed by atoms with Gasteiger partial charge in [0.15, 0.2) is 0 Å². The molecule has 2 N–H and O–H groups in total. The van der Waals surface area contributed by atoms with Crippen LogP contribution in [0.25, 0.3) is 10.6 Å². The highest BCUT2D eigenvalue weighted by molar-refractivity contribution is 7.15. The molecule has 2 aromatic heterocycles. The number of thiazole rings is 1. The highest BCUT2D eigenvalue weighted by Crippen LogP contribution is 2.31. The third-order valence-electron chi connectivity index (χ3n) is 3.26. The molecule has 22 heavy (non-hydrogen) atoms. The molecule has 0 aliphatic carbocycles. The molecular weight excluding hydrogens is 321 g/mol. The van der Waals surface area contributed by atoms with Crippen molar-refractivity contribution in [2.24, 2.45) is 5.73 Å². The number of rotatable bonds is 4. The fraction of sp³-hybridized carbons (Fsp3) is 0.125. The Morgan fingerprint density at radius 2 is 2.00 bits per heavy atom. The number of pyridine rings is 1. The molecule has 0 radical (unpaired) electrons. The molecule has 0 aliphatic rings. The van der Waals surface area contributed by atoms with E-state index in [1.165, 1.54) is 17.4 Å². The second-order valence-electron chi connectivity index (χ2n) is 4.86. The van der Waals surface area contributed by atoms with Crippen molar-refractivity contribution in [1.29, 1.82) is 0 Å². The maximum Gasteiger partial charge on any atom is 0.141 e. The van der Waals surface area contributed by atoms with Crippen LogP contribution in [0, 0.1) is 5.82 Å². The van der Waals surface area contributed by atoms with Gasteiger partial charge in [-0.05, 0) is 42.3 Å². The third kappa shape index (κ3) is 3.32. The van der Waals surface area contributed by atoms with Gasteiger partial charge in [0.1, 0.15) is 10.8 Å². The minimum absolute atomic E-state index is 0.0929. The SMILES string of the molecule is NC(Cc1ccncc1)c1cnc(-c2ccc(F)c(Cl)c2)s1. The van der Waals surface area contributed by atoms with E-state index < -0.39 is 5.82 Å². The number of benzene rings is 1. The van der Waals surface area contributed by atoms with Gasteiger partial charge < -0.3 is 5.73 Å².